The minimum Gasteiger partial charge on any atom is -0.508 e. The summed E-state index contributed by atoms with van der Waals surface area (Å²) in [5.41, 5.74) is 1.26. The van der Waals surface area contributed by atoms with Crippen molar-refractivity contribution in [3.8, 4) is 5.75 Å². The standard InChI is InChI=1S/C8H11NO4S/c1-6-2-3-7(8(10)4-6)5-13-14(9,11)12/h2-4,10H,5H2,1H3,(H2,9,11,12). The molecule has 0 aliphatic rings. The zero-order valence-corrected chi connectivity index (χ0v) is 8.41. The predicted molar refractivity (Wildman–Crippen MR) is 50.7 cm³/mol. The second kappa shape index (κ2) is 3.95. The number of hydrogen-bond donors (Lipinski definition) is 2. The molecule has 0 aliphatic carbocycles. The lowest BCUT2D eigenvalue weighted by Gasteiger charge is -2.04. The average Bonchev–Trinajstić information content (AvgIpc) is 2.00. The summed E-state index contributed by atoms with van der Waals surface area (Å²) in [7, 11) is -3.96. The summed E-state index contributed by atoms with van der Waals surface area (Å²) in [6, 6.07) is 4.83. The lowest BCUT2D eigenvalue weighted by atomic mass is 10.1. The van der Waals surface area contributed by atoms with Crippen LogP contribution in [0.2, 0.25) is 0 Å². The number of nitrogens with two attached hydrogens (primary N) is 1. The van der Waals surface area contributed by atoms with E-state index in [0.717, 1.165) is 5.56 Å². The van der Waals surface area contributed by atoms with Gasteiger partial charge in [0.2, 0.25) is 0 Å². The van der Waals surface area contributed by atoms with Gasteiger partial charge in [-0.25, -0.2) is 5.14 Å². The van der Waals surface area contributed by atoms with E-state index in [-0.39, 0.29) is 12.4 Å². The largest absolute Gasteiger partial charge is 0.508 e. The van der Waals surface area contributed by atoms with Crippen molar-refractivity contribution in [3.05, 3.63) is 29.3 Å². The van der Waals surface area contributed by atoms with Crippen LogP contribution < -0.4 is 5.14 Å². The molecule has 0 heterocycles. The van der Waals surface area contributed by atoms with Gasteiger partial charge in [0, 0.05) is 5.56 Å². The fraction of sp³-hybridized carbons (Fsp3) is 0.250. The summed E-state index contributed by atoms with van der Waals surface area (Å²) in [6.07, 6.45) is 0. The highest BCUT2D eigenvalue weighted by Crippen LogP contribution is 2.19. The number of phenolic OH excluding ortho intramolecular Hbond substituents is 1. The molecular formula is C8H11NO4S. The molecule has 0 saturated heterocycles. The highest BCUT2D eigenvalue weighted by atomic mass is 32.2. The summed E-state index contributed by atoms with van der Waals surface area (Å²) < 4.78 is 25.2. The minimum atomic E-state index is -3.96. The van der Waals surface area contributed by atoms with E-state index in [1.54, 1.807) is 12.1 Å². The van der Waals surface area contributed by atoms with Gasteiger partial charge in [-0.15, -0.1) is 0 Å². The molecule has 5 nitrogen and oxygen atoms in total. The summed E-state index contributed by atoms with van der Waals surface area (Å²) in [4.78, 5) is 0. The van der Waals surface area contributed by atoms with Crippen LogP contribution in [0, 0.1) is 6.92 Å². The predicted octanol–water partition coefficient (Wildman–Crippen LogP) is 0.421. The number of benzene rings is 1. The van der Waals surface area contributed by atoms with Gasteiger partial charge in [-0.3, -0.25) is 4.18 Å². The Morgan fingerprint density at radius 1 is 1.50 bits per heavy atom. The molecule has 6 heteroatoms. The molecule has 0 aromatic heterocycles. The van der Waals surface area contributed by atoms with Gasteiger partial charge in [-0.05, 0) is 18.6 Å². The fourth-order valence-corrected chi connectivity index (χ4v) is 1.23. The number of rotatable bonds is 3. The number of hydrogen-bond acceptors (Lipinski definition) is 4. The van der Waals surface area contributed by atoms with Crippen molar-refractivity contribution in [2.24, 2.45) is 5.14 Å². The van der Waals surface area contributed by atoms with Gasteiger partial charge in [-0.1, -0.05) is 12.1 Å². The Morgan fingerprint density at radius 2 is 2.14 bits per heavy atom. The van der Waals surface area contributed by atoms with Crippen LogP contribution in [-0.2, 0) is 21.1 Å². The van der Waals surface area contributed by atoms with E-state index in [4.69, 9.17) is 0 Å². The maximum Gasteiger partial charge on any atom is 0.333 e. The summed E-state index contributed by atoms with van der Waals surface area (Å²) in [6.45, 7) is 1.55. The van der Waals surface area contributed by atoms with E-state index in [9.17, 15) is 13.5 Å². The molecule has 0 spiro atoms. The van der Waals surface area contributed by atoms with E-state index >= 15 is 0 Å². The Labute approximate surface area is 82.4 Å². The molecular weight excluding hydrogens is 206 g/mol. The van der Waals surface area contributed by atoms with Crippen molar-refractivity contribution < 1.29 is 17.7 Å². The third-order valence-corrected chi connectivity index (χ3v) is 2.07. The van der Waals surface area contributed by atoms with Gasteiger partial charge in [0.1, 0.15) is 5.75 Å². The lowest BCUT2D eigenvalue weighted by Crippen LogP contribution is -2.15. The molecule has 0 bridgehead atoms. The van der Waals surface area contributed by atoms with Gasteiger partial charge in [-0.2, -0.15) is 8.42 Å². The zero-order chi connectivity index (χ0) is 10.8. The number of aromatic hydroxyl groups is 1. The Hall–Kier alpha value is -1.11. The second-order valence-corrected chi connectivity index (χ2v) is 4.11. The third-order valence-electron chi connectivity index (χ3n) is 1.62. The molecule has 0 fully saturated rings. The Balaban J connectivity index is 2.78. The summed E-state index contributed by atoms with van der Waals surface area (Å²) in [5, 5.41) is 14.0. The maximum absolute atomic E-state index is 10.5. The highest BCUT2D eigenvalue weighted by Gasteiger charge is 2.06. The first-order valence-electron chi connectivity index (χ1n) is 3.84. The van der Waals surface area contributed by atoms with Crippen molar-refractivity contribution >= 4 is 10.3 Å². The molecule has 1 aromatic carbocycles. The van der Waals surface area contributed by atoms with E-state index in [1.165, 1.54) is 6.07 Å². The van der Waals surface area contributed by atoms with Crippen LogP contribution in [0.15, 0.2) is 18.2 Å². The van der Waals surface area contributed by atoms with Crippen LogP contribution in [0.25, 0.3) is 0 Å². The quantitative estimate of drug-likeness (QED) is 0.767. The molecule has 0 saturated carbocycles. The number of aryl methyl sites for hydroxylation is 1. The first-order chi connectivity index (χ1) is 6.38. The Kier molecular flexibility index (Phi) is 3.10. The first kappa shape index (κ1) is 11.0. The monoisotopic (exact) mass is 217 g/mol. The van der Waals surface area contributed by atoms with Crippen molar-refractivity contribution in [1.82, 2.24) is 0 Å². The zero-order valence-electron chi connectivity index (χ0n) is 7.60. The van der Waals surface area contributed by atoms with E-state index < -0.39 is 10.3 Å². The number of phenols is 1. The smallest absolute Gasteiger partial charge is 0.333 e. The van der Waals surface area contributed by atoms with Crippen LogP contribution in [-0.4, -0.2) is 13.5 Å². The summed E-state index contributed by atoms with van der Waals surface area (Å²) >= 11 is 0. The first-order valence-corrected chi connectivity index (χ1v) is 5.31. The molecule has 3 N–H and O–H groups in total. The molecule has 0 amide bonds. The maximum atomic E-state index is 10.5. The van der Waals surface area contributed by atoms with Gasteiger partial charge >= 0.3 is 10.3 Å². The normalized spacial score (nSPS) is 11.6. The van der Waals surface area contributed by atoms with Crippen LogP contribution in [0.5, 0.6) is 5.75 Å². The molecule has 14 heavy (non-hydrogen) atoms. The molecule has 0 unspecified atom stereocenters. The van der Waals surface area contributed by atoms with Gasteiger partial charge in [0.25, 0.3) is 0 Å². The fourth-order valence-electron chi connectivity index (χ4n) is 0.942. The topological polar surface area (TPSA) is 89.6 Å². The van der Waals surface area contributed by atoms with Gasteiger partial charge in [0.15, 0.2) is 0 Å². The highest BCUT2D eigenvalue weighted by molar-refractivity contribution is 7.84. The van der Waals surface area contributed by atoms with Crippen molar-refractivity contribution in [1.29, 1.82) is 0 Å². The second-order valence-electron chi connectivity index (χ2n) is 2.89. The third kappa shape index (κ3) is 3.33. The van der Waals surface area contributed by atoms with Crippen molar-refractivity contribution in [3.63, 3.8) is 0 Å². The van der Waals surface area contributed by atoms with Crippen molar-refractivity contribution in [2.45, 2.75) is 13.5 Å². The molecule has 0 radical (unpaired) electrons. The van der Waals surface area contributed by atoms with E-state index in [2.05, 4.69) is 9.32 Å². The molecule has 0 aliphatic heterocycles. The molecule has 1 rings (SSSR count). The van der Waals surface area contributed by atoms with Crippen LogP contribution in [0.3, 0.4) is 0 Å². The van der Waals surface area contributed by atoms with E-state index in [0.29, 0.717) is 5.56 Å². The summed E-state index contributed by atoms with van der Waals surface area (Å²) in [5.74, 6) is -0.00588. The van der Waals surface area contributed by atoms with Crippen LogP contribution in [0.1, 0.15) is 11.1 Å². The van der Waals surface area contributed by atoms with Crippen LogP contribution >= 0.6 is 0 Å². The lowest BCUT2D eigenvalue weighted by molar-refractivity contribution is 0.302. The van der Waals surface area contributed by atoms with Crippen molar-refractivity contribution in [2.75, 3.05) is 0 Å². The minimum absolute atomic E-state index is 0.00588. The molecule has 1 aromatic rings. The van der Waals surface area contributed by atoms with Crippen LogP contribution in [0.4, 0.5) is 0 Å². The molecule has 78 valence electrons. The Bertz CT molecular complexity index is 427. The Morgan fingerprint density at radius 3 is 2.64 bits per heavy atom. The molecule has 0 atom stereocenters. The average molecular weight is 217 g/mol. The van der Waals surface area contributed by atoms with Gasteiger partial charge in [0.05, 0.1) is 6.61 Å². The van der Waals surface area contributed by atoms with E-state index in [1.807, 2.05) is 6.92 Å². The SMILES string of the molecule is Cc1ccc(COS(N)(=O)=O)c(O)c1. The van der Waals surface area contributed by atoms with Gasteiger partial charge < -0.3 is 5.11 Å².